The highest BCUT2D eigenvalue weighted by Crippen LogP contribution is 2.24. The lowest BCUT2D eigenvalue weighted by Gasteiger charge is -2.25. The summed E-state index contributed by atoms with van der Waals surface area (Å²) in [7, 11) is 0. The van der Waals surface area contributed by atoms with Crippen molar-refractivity contribution in [3.05, 3.63) is 29.7 Å². The van der Waals surface area contributed by atoms with E-state index in [9.17, 15) is 5.26 Å². The van der Waals surface area contributed by atoms with Crippen molar-refractivity contribution in [3.63, 3.8) is 0 Å². The monoisotopic (exact) mass is 256 g/mol. The largest absolute Gasteiger partial charge is 0.381 e. The molecule has 2 aromatic heterocycles. The molecule has 1 saturated heterocycles. The molecule has 5 heteroatoms. The zero-order chi connectivity index (χ0) is 13.2. The van der Waals surface area contributed by atoms with Gasteiger partial charge < -0.3 is 10.1 Å². The van der Waals surface area contributed by atoms with Gasteiger partial charge in [-0.25, -0.2) is 4.98 Å². The number of pyridine rings is 1. The predicted molar refractivity (Wildman–Crippen MR) is 72.1 cm³/mol. The molecule has 0 aliphatic carbocycles. The van der Waals surface area contributed by atoms with Gasteiger partial charge in [0.1, 0.15) is 12.1 Å². The Hall–Kier alpha value is -2.06. The van der Waals surface area contributed by atoms with Gasteiger partial charge in [-0.3, -0.25) is 4.40 Å². The third-order valence-electron chi connectivity index (χ3n) is 3.64. The molecule has 0 aromatic carbocycles. The number of nitriles is 1. The van der Waals surface area contributed by atoms with Gasteiger partial charge in [-0.2, -0.15) is 5.26 Å². The Labute approximate surface area is 111 Å². The van der Waals surface area contributed by atoms with Crippen LogP contribution in [0.2, 0.25) is 0 Å². The molecule has 0 amide bonds. The molecule has 0 radical (unpaired) electrons. The van der Waals surface area contributed by atoms with Crippen LogP contribution >= 0.6 is 0 Å². The Morgan fingerprint density at radius 3 is 3.00 bits per heavy atom. The quantitative estimate of drug-likeness (QED) is 0.893. The van der Waals surface area contributed by atoms with Crippen molar-refractivity contribution in [2.24, 2.45) is 0 Å². The van der Waals surface area contributed by atoms with Gasteiger partial charge in [0.25, 0.3) is 0 Å². The molecule has 0 saturated carbocycles. The van der Waals surface area contributed by atoms with E-state index in [2.05, 4.69) is 16.4 Å². The minimum absolute atomic E-state index is 0.395. The molecule has 2 aromatic rings. The molecule has 1 N–H and O–H groups in total. The molecule has 0 spiro atoms. The van der Waals surface area contributed by atoms with E-state index in [0.29, 0.717) is 11.6 Å². The van der Waals surface area contributed by atoms with Crippen LogP contribution in [-0.2, 0) is 4.74 Å². The normalized spacial score (nSPS) is 16.4. The van der Waals surface area contributed by atoms with Crippen LogP contribution in [0.15, 0.2) is 18.6 Å². The zero-order valence-electron chi connectivity index (χ0n) is 10.9. The first-order valence-electron chi connectivity index (χ1n) is 6.49. The number of rotatable bonds is 2. The SMILES string of the molecule is Cc1c(C#N)cc2cncn2c1NC1CCOCC1. The minimum atomic E-state index is 0.395. The van der Waals surface area contributed by atoms with Crippen LogP contribution in [-0.4, -0.2) is 28.6 Å². The van der Waals surface area contributed by atoms with Crippen molar-refractivity contribution >= 4 is 11.3 Å². The Balaban J connectivity index is 2.02. The number of aromatic nitrogens is 2. The van der Waals surface area contributed by atoms with Crippen molar-refractivity contribution in [2.45, 2.75) is 25.8 Å². The number of hydrogen-bond donors (Lipinski definition) is 1. The average Bonchev–Trinajstić information content (AvgIpc) is 2.91. The van der Waals surface area contributed by atoms with Crippen molar-refractivity contribution in [1.29, 1.82) is 5.26 Å². The maximum absolute atomic E-state index is 9.22. The summed E-state index contributed by atoms with van der Waals surface area (Å²) < 4.78 is 7.38. The minimum Gasteiger partial charge on any atom is -0.381 e. The molecule has 0 bridgehead atoms. The topological polar surface area (TPSA) is 62.4 Å². The van der Waals surface area contributed by atoms with Gasteiger partial charge in [-0.15, -0.1) is 0 Å². The van der Waals surface area contributed by atoms with Crippen molar-refractivity contribution < 1.29 is 4.74 Å². The molecule has 1 aliphatic heterocycles. The van der Waals surface area contributed by atoms with E-state index in [1.54, 1.807) is 12.5 Å². The molecule has 98 valence electrons. The van der Waals surface area contributed by atoms with Crippen LogP contribution in [0.25, 0.3) is 5.52 Å². The first-order valence-corrected chi connectivity index (χ1v) is 6.49. The summed E-state index contributed by atoms with van der Waals surface area (Å²) in [6.45, 7) is 3.56. The van der Waals surface area contributed by atoms with E-state index in [-0.39, 0.29) is 0 Å². The lowest BCUT2D eigenvalue weighted by Crippen LogP contribution is -2.29. The molecule has 1 fully saturated rings. The summed E-state index contributed by atoms with van der Waals surface area (Å²) in [6.07, 6.45) is 5.54. The summed E-state index contributed by atoms with van der Waals surface area (Å²) in [5.74, 6) is 0.971. The summed E-state index contributed by atoms with van der Waals surface area (Å²) in [4.78, 5) is 4.16. The molecule has 3 rings (SSSR count). The number of nitrogens with one attached hydrogen (secondary N) is 1. The highest BCUT2D eigenvalue weighted by atomic mass is 16.5. The van der Waals surface area contributed by atoms with Crippen molar-refractivity contribution in [1.82, 2.24) is 9.38 Å². The van der Waals surface area contributed by atoms with E-state index < -0.39 is 0 Å². The maximum Gasteiger partial charge on any atom is 0.116 e. The molecule has 0 atom stereocenters. The summed E-state index contributed by atoms with van der Waals surface area (Å²) >= 11 is 0. The maximum atomic E-state index is 9.22. The summed E-state index contributed by atoms with van der Waals surface area (Å²) in [5, 5.41) is 12.8. The van der Waals surface area contributed by atoms with Crippen LogP contribution in [0.3, 0.4) is 0 Å². The van der Waals surface area contributed by atoms with Crippen LogP contribution in [0.4, 0.5) is 5.82 Å². The van der Waals surface area contributed by atoms with Crippen LogP contribution in [0, 0.1) is 18.3 Å². The Morgan fingerprint density at radius 2 is 2.26 bits per heavy atom. The fraction of sp³-hybridized carbons (Fsp3) is 0.429. The van der Waals surface area contributed by atoms with Gasteiger partial charge in [-0.1, -0.05) is 0 Å². The van der Waals surface area contributed by atoms with Crippen LogP contribution in [0.1, 0.15) is 24.0 Å². The standard InChI is InChI=1S/C14H16N4O/c1-10-11(7-15)6-13-8-16-9-18(13)14(10)17-12-2-4-19-5-3-12/h6,8-9,12,17H,2-5H2,1H3. The fourth-order valence-corrected chi connectivity index (χ4v) is 2.49. The van der Waals surface area contributed by atoms with Gasteiger partial charge in [0.15, 0.2) is 0 Å². The number of ether oxygens (including phenoxy) is 1. The van der Waals surface area contributed by atoms with E-state index >= 15 is 0 Å². The third-order valence-corrected chi connectivity index (χ3v) is 3.64. The number of fused-ring (bicyclic) bond motifs is 1. The van der Waals surface area contributed by atoms with E-state index in [4.69, 9.17) is 4.74 Å². The lowest BCUT2D eigenvalue weighted by molar-refractivity contribution is 0.0903. The molecule has 19 heavy (non-hydrogen) atoms. The smallest absolute Gasteiger partial charge is 0.116 e. The Bertz CT molecular complexity index is 635. The molecule has 5 nitrogen and oxygen atoms in total. The first kappa shape index (κ1) is 12.0. The number of imidazole rings is 1. The van der Waals surface area contributed by atoms with Gasteiger partial charge in [0.05, 0.1) is 23.3 Å². The highest BCUT2D eigenvalue weighted by molar-refractivity contribution is 5.64. The first-order chi connectivity index (χ1) is 9.29. The van der Waals surface area contributed by atoms with Gasteiger partial charge in [0, 0.05) is 24.8 Å². The van der Waals surface area contributed by atoms with E-state index in [1.165, 1.54) is 0 Å². The van der Waals surface area contributed by atoms with Crippen molar-refractivity contribution in [2.75, 3.05) is 18.5 Å². The van der Waals surface area contributed by atoms with Crippen LogP contribution in [0.5, 0.6) is 0 Å². The Kier molecular flexibility index (Phi) is 3.10. The van der Waals surface area contributed by atoms with Gasteiger partial charge in [0.2, 0.25) is 0 Å². The summed E-state index contributed by atoms with van der Waals surface area (Å²) in [5.41, 5.74) is 2.61. The molecule has 0 unspecified atom stereocenters. The molecule has 3 heterocycles. The van der Waals surface area contributed by atoms with E-state index in [1.807, 2.05) is 17.4 Å². The van der Waals surface area contributed by atoms with Crippen molar-refractivity contribution in [3.8, 4) is 6.07 Å². The number of anilines is 1. The lowest BCUT2D eigenvalue weighted by atomic mass is 10.1. The molecule has 1 aliphatic rings. The number of nitrogens with zero attached hydrogens (tertiary/aromatic N) is 3. The molecular formula is C14H16N4O. The Morgan fingerprint density at radius 1 is 1.47 bits per heavy atom. The third kappa shape index (κ3) is 2.15. The predicted octanol–water partition coefficient (Wildman–Crippen LogP) is 2.11. The average molecular weight is 256 g/mol. The van der Waals surface area contributed by atoms with Gasteiger partial charge in [-0.05, 0) is 25.8 Å². The van der Waals surface area contributed by atoms with E-state index in [0.717, 1.165) is 43.0 Å². The molecular weight excluding hydrogens is 240 g/mol. The highest BCUT2D eigenvalue weighted by Gasteiger charge is 2.17. The fourth-order valence-electron chi connectivity index (χ4n) is 2.49. The second kappa shape index (κ2) is 4.90. The second-order valence-corrected chi connectivity index (χ2v) is 4.86. The van der Waals surface area contributed by atoms with Crippen LogP contribution < -0.4 is 5.32 Å². The summed E-state index contributed by atoms with van der Waals surface area (Å²) in [6, 6.07) is 4.52. The zero-order valence-corrected chi connectivity index (χ0v) is 10.9. The van der Waals surface area contributed by atoms with Gasteiger partial charge >= 0.3 is 0 Å². The number of hydrogen-bond acceptors (Lipinski definition) is 4. The second-order valence-electron chi connectivity index (χ2n) is 4.86.